The van der Waals surface area contributed by atoms with Gasteiger partial charge in [0.05, 0.1) is 0 Å². The van der Waals surface area contributed by atoms with Gasteiger partial charge in [-0.05, 0) is 59.1 Å². The molecule has 0 radical (unpaired) electrons. The van der Waals surface area contributed by atoms with Gasteiger partial charge in [0, 0.05) is 37.5 Å². The topological polar surface area (TPSA) is 106 Å². The summed E-state index contributed by atoms with van der Waals surface area (Å²) in [6.45, 7) is 15.8. The third-order valence-corrected chi connectivity index (χ3v) is 13.8. The molecule has 0 bridgehead atoms. The summed E-state index contributed by atoms with van der Waals surface area (Å²) < 4.78 is 40.6. The number of hydrogen-bond donors (Lipinski definition) is 1. The summed E-state index contributed by atoms with van der Waals surface area (Å²) in [5.41, 5.74) is 2.40. The van der Waals surface area contributed by atoms with Crippen molar-refractivity contribution >= 4 is 24.3 Å². The minimum absolute atomic E-state index is 0.0646. The van der Waals surface area contributed by atoms with Gasteiger partial charge in [0.15, 0.2) is 14.9 Å². The number of benzene rings is 2. The number of carboxylic acid groups (broad SMARTS) is 1. The van der Waals surface area contributed by atoms with Gasteiger partial charge in [-0.2, -0.15) is 4.31 Å². The molecule has 0 fully saturated rings. The van der Waals surface area contributed by atoms with Crippen molar-refractivity contribution in [2.24, 2.45) is 0 Å². The average Bonchev–Trinajstić information content (AvgIpc) is 2.91. The Kier molecular flexibility index (Phi) is 10.2. The first kappa shape index (κ1) is 32.5. The van der Waals surface area contributed by atoms with Gasteiger partial charge in [-0.3, -0.25) is 4.98 Å². The number of hydrogen-bond acceptors (Lipinski definition) is 6. The van der Waals surface area contributed by atoms with Gasteiger partial charge in [-0.15, -0.1) is 0 Å². The Hall–Kier alpha value is -3.05. The fourth-order valence-corrected chi connectivity index (χ4v) is 6.42. The van der Waals surface area contributed by atoms with Crippen LogP contribution >= 0.6 is 0 Å². The van der Waals surface area contributed by atoms with E-state index in [-0.39, 0.29) is 28.4 Å². The van der Waals surface area contributed by atoms with Crippen LogP contribution in [0, 0.1) is 0 Å². The van der Waals surface area contributed by atoms with Gasteiger partial charge in [-0.25, -0.2) is 13.2 Å². The molecule has 1 N–H and O–H groups in total. The number of aromatic nitrogens is 1. The van der Waals surface area contributed by atoms with Crippen molar-refractivity contribution in [3.63, 3.8) is 0 Å². The highest BCUT2D eigenvalue weighted by Gasteiger charge is 2.38. The lowest BCUT2D eigenvalue weighted by Crippen LogP contribution is -2.43. The highest BCUT2D eigenvalue weighted by atomic mass is 32.2. The lowest BCUT2D eigenvalue weighted by atomic mass is 9.85. The number of pyridine rings is 1. The minimum atomic E-state index is -3.89. The average molecular weight is 599 g/mol. The van der Waals surface area contributed by atoms with Crippen molar-refractivity contribution in [1.29, 1.82) is 0 Å². The van der Waals surface area contributed by atoms with Crippen LogP contribution in [0.5, 0.6) is 5.75 Å². The first-order chi connectivity index (χ1) is 19.0. The number of carbonyl (C=O) groups is 1. The van der Waals surface area contributed by atoms with Gasteiger partial charge in [-0.1, -0.05) is 71.0 Å². The standard InChI is InChI=1S/C31H42N2O6SSi/c1-30(2,3)41(6,7)39-23-31(4,5)26-15-13-24(14-16-26)20-33(40(36,37)28-12-9-17-32-19-28)21-25-10-8-11-27(18-25)38-22-29(34)35/h8-19H,20-23H2,1-7H3,(H,34,35). The Morgan fingerprint density at radius 1 is 0.951 bits per heavy atom. The lowest BCUT2D eigenvalue weighted by molar-refractivity contribution is -0.139. The van der Waals surface area contributed by atoms with Crippen molar-refractivity contribution in [2.75, 3.05) is 13.2 Å². The Balaban J connectivity index is 1.85. The van der Waals surface area contributed by atoms with Gasteiger partial charge in [0.1, 0.15) is 10.6 Å². The zero-order valence-electron chi connectivity index (χ0n) is 25.0. The molecule has 0 spiro atoms. The highest BCUT2D eigenvalue weighted by molar-refractivity contribution is 7.89. The number of rotatable bonds is 13. The molecule has 0 saturated carbocycles. The molecule has 0 aliphatic rings. The SMILES string of the molecule is CC(C)(CO[Si](C)(C)C(C)(C)C)c1ccc(CN(Cc2cccc(OCC(=O)O)c2)S(=O)(=O)c2cccnc2)cc1. The van der Waals surface area contributed by atoms with E-state index in [2.05, 4.69) is 52.7 Å². The molecule has 0 aliphatic carbocycles. The van der Waals surface area contributed by atoms with Crippen LogP contribution in [0.4, 0.5) is 0 Å². The molecule has 0 atom stereocenters. The van der Waals surface area contributed by atoms with Crippen molar-refractivity contribution in [3.05, 3.63) is 89.7 Å². The fourth-order valence-electron chi connectivity index (χ4n) is 3.88. The molecule has 0 unspecified atom stereocenters. The highest BCUT2D eigenvalue weighted by Crippen LogP contribution is 2.38. The van der Waals surface area contributed by atoms with E-state index in [0.29, 0.717) is 17.9 Å². The molecule has 41 heavy (non-hydrogen) atoms. The maximum absolute atomic E-state index is 13.7. The normalized spacial score (nSPS) is 12.9. The second kappa shape index (κ2) is 12.9. The smallest absolute Gasteiger partial charge is 0.341 e. The van der Waals surface area contributed by atoms with Crippen molar-refractivity contribution < 1.29 is 27.5 Å². The Morgan fingerprint density at radius 2 is 1.61 bits per heavy atom. The summed E-state index contributed by atoms with van der Waals surface area (Å²) in [4.78, 5) is 15.0. The second-order valence-corrected chi connectivity index (χ2v) is 19.2. The summed E-state index contributed by atoms with van der Waals surface area (Å²) in [7, 11) is -5.80. The summed E-state index contributed by atoms with van der Waals surface area (Å²) in [6.07, 6.45) is 2.87. The van der Waals surface area contributed by atoms with Crippen LogP contribution in [0.2, 0.25) is 18.1 Å². The third-order valence-electron chi connectivity index (χ3n) is 7.59. The zero-order chi connectivity index (χ0) is 30.5. The molecule has 10 heteroatoms. The number of ether oxygens (including phenoxy) is 1. The number of aliphatic carboxylic acids is 1. The summed E-state index contributed by atoms with van der Waals surface area (Å²) in [6, 6.07) is 17.9. The maximum atomic E-state index is 13.7. The van der Waals surface area contributed by atoms with E-state index in [4.69, 9.17) is 14.3 Å². The number of carboxylic acids is 1. The predicted molar refractivity (Wildman–Crippen MR) is 163 cm³/mol. The van der Waals surface area contributed by atoms with Crippen molar-refractivity contribution in [1.82, 2.24) is 9.29 Å². The van der Waals surface area contributed by atoms with Crippen molar-refractivity contribution in [2.45, 2.75) is 76.2 Å². The van der Waals surface area contributed by atoms with E-state index in [0.717, 1.165) is 11.1 Å². The quantitative estimate of drug-likeness (QED) is 0.232. The van der Waals surface area contributed by atoms with E-state index in [1.165, 1.54) is 22.8 Å². The van der Waals surface area contributed by atoms with E-state index < -0.39 is 30.9 Å². The van der Waals surface area contributed by atoms with E-state index in [9.17, 15) is 13.2 Å². The van der Waals surface area contributed by atoms with Gasteiger partial charge in [0.25, 0.3) is 0 Å². The van der Waals surface area contributed by atoms with Crippen LogP contribution < -0.4 is 4.74 Å². The first-order valence-electron chi connectivity index (χ1n) is 13.6. The monoisotopic (exact) mass is 598 g/mol. The minimum Gasteiger partial charge on any atom is -0.482 e. The first-order valence-corrected chi connectivity index (χ1v) is 17.9. The molecule has 1 aromatic heterocycles. The lowest BCUT2D eigenvalue weighted by Gasteiger charge is -2.39. The summed E-state index contributed by atoms with van der Waals surface area (Å²) >= 11 is 0. The van der Waals surface area contributed by atoms with Gasteiger partial charge < -0.3 is 14.3 Å². The van der Waals surface area contributed by atoms with Gasteiger partial charge >= 0.3 is 5.97 Å². The zero-order valence-corrected chi connectivity index (χ0v) is 26.9. The predicted octanol–water partition coefficient (Wildman–Crippen LogP) is 6.24. The van der Waals surface area contributed by atoms with Crippen LogP contribution in [0.15, 0.2) is 78.0 Å². The summed E-state index contributed by atoms with van der Waals surface area (Å²) in [5.74, 6) is -0.732. The van der Waals surface area contributed by atoms with E-state index in [1.54, 1.807) is 30.3 Å². The molecule has 222 valence electrons. The van der Waals surface area contributed by atoms with Crippen LogP contribution in [0.1, 0.15) is 51.3 Å². The third kappa shape index (κ3) is 8.72. The number of nitrogens with zero attached hydrogens (tertiary/aromatic N) is 2. The second-order valence-electron chi connectivity index (χ2n) is 12.4. The molecule has 1 heterocycles. The molecule has 3 rings (SSSR count). The molecule has 0 aliphatic heterocycles. The molecule has 0 saturated heterocycles. The molecular weight excluding hydrogens is 557 g/mol. The fraction of sp³-hybridized carbons (Fsp3) is 0.419. The summed E-state index contributed by atoms with van der Waals surface area (Å²) in [5, 5.41) is 9.05. The van der Waals surface area contributed by atoms with Crippen LogP contribution in [0.25, 0.3) is 0 Å². The maximum Gasteiger partial charge on any atom is 0.341 e. The largest absolute Gasteiger partial charge is 0.482 e. The van der Waals surface area contributed by atoms with Gasteiger partial charge in [0.2, 0.25) is 10.0 Å². The molecular formula is C31H42N2O6SSi. The Bertz CT molecular complexity index is 1420. The Morgan fingerprint density at radius 3 is 2.20 bits per heavy atom. The van der Waals surface area contributed by atoms with Crippen LogP contribution in [0.3, 0.4) is 0 Å². The molecule has 3 aromatic rings. The molecule has 2 aromatic carbocycles. The number of sulfonamides is 1. The molecule has 8 nitrogen and oxygen atoms in total. The molecule has 0 amide bonds. The van der Waals surface area contributed by atoms with E-state index >= 15 is 0 Å². The van der Waals surface area contributed by atoms with Crippen LogP contribution in [-0.2, 0) is 37.7 Å². The Labute approximate surface area is 245 Å². The van der Waals surface area contributed by atoms with E-state index in [1.807, 2.05) is 24.3 Å². The van der Waals surface area contributed by atoms with Crippen molar-refractivity contribution in [3.8, 4) is 5.75 Å². The van der Waals surface area contributed by atoms with Crippen LogP contribution in [-0.4, -0.2) is 50.3 Å².